The Labute approximate surface area is 239 Å². The van der Waals surface area contributed by atoms with Crippen molar-refractivity contribution in [3.05, 3.63) is 83.7 Å². The minimum atomic E-state index is -1.29. The van der Waals surface area contributed by atoms with Crippen molar-refractivity contribution < 1.29 is 13.5 Å². The third-order valence-electron chi connectivity index (χ3n) is 8.12. The summed E-state index contributed by atoms with van der Waals surface area (Å²) in [6.45, 7) is 7.65. The molecule has 41 heavy (non-hydrogen) atoms. The molecular weight excluding hydrogens is 522 g/mol. The van der Waals surface area contributed by atoms with Crippen molar-refractivity contribution in [2.24, 2.45) is 5.41 Å². The van der Waals surface area contributed by atoms with Crippen LogP contribution in [0.1, 0.15) is 49.8 Å². The summed E-state index contributed by atoms with van der Waals surface area (Å²) in [5, 5.41) is 15.8. The van der Waals surface area contributed by atoms with E-state index in [9.17, 15) is 8.78 Å². The number of piperidine rings is 1. The number of fused-ring (bicyclic) bond motifs is 1. The molecule has 0 spiro atoms. The summed E-state index contributed by atoms with van der Waals surface area (Å²) < 4.78 is 33.8. The second-order valence-corrected chi connectivity index (χ2v) is 11.1. The molecule has 216 valence electrons. The number of hydrogen-bond acceptors (Lipinski definition) is 5. The number of benzene rings is 2. The predicted molar refractivity (Wildman–Crippen MR) is 158 cm³/mol. The molecule has 1 fully saturated rings. The fourth-order valence-electron chi connectivity index (χ4n) is 5.74. The SMILES string of the molecule is CCc1cc(-c2n[nH]c3ccccc23)ccc1OC.Cc1nc([C@@H]2CCCN(CC3(C)C(F)=CC=CC3F)C2)n[nH]1. The minimum Gasteiger partial charge on any atom is -0.496 e. The molecule has 2 aromatic heterocycles. The molecule has 2 N–H and O–H groups in total. The van der Waals surface area contributed by atoms with Crippen molar-refractivity contribution >= 4 is 10.9 Å². The van der Waals surface area contributed by atoms with Crippen LogP contribution in [0.4, 0.5) is 8.78 Å². The summed E-state index contributed by atoms with van der Waals surface area (Å²) in [5.41, 5.74) is 3.28. The van der Waals surface area contributed by atoms with E-state index in [0.29, 0.717) is 6.54 Å². The third kappa shape index (κ3) is 6.10. The monoisotopic (exact) mass is 560 g/mol. The van der Waals surface area contributed by atoms with E-state index in [2.05, 4.69) is 55.4 Å². The number of aryl methyl sites for hydroxylation is 2. The van der Waals surface area contributed by atoms with Crippen LogP contribution in [-0.2, 0) is 6.42 Å². The number of hydrogen-bond donors (Lipinski definition) is 2. The van der Waals surface area contributed by atoms with Gasteiger partial charge in [-0.25, -0.2) is 13.8 Å². The number of allylic oxidation sites excluding steroid dienone is 3. The minimum absolute atomic E-state index is 0.228. The number of para-hydroxylation sites is 1. The first-order valence-electron chi connectivity index (χ1n) is 14.2. The molecule has 3 atom stereocenters. The van der Waals surface area contributed by atoms with Gasteiger partial charge in [-0.15, -0.1) is 0 Å². The molecule has 1 aliphatic heterocycles. The Hall–Kier alpha value is -3.85. The molecule has 7 nitrogen and oxygen atoms in total. The van der Waals surface area contributed by atoms with Crippen molar-refractivity contribution in [2.75, 3.05) is 26.7 Å². The fourth-order valence-corrected chi connectivity index (χ4v) is 5.74. The normalized spacial score (nSPS) is 22.7. The molecule has 0 bridgehead atoms. The van der Waals surface area contributed by atoms with Gasteiger partial charge in [0.15, 0.2) is 5.82 Å². The number of rotatable bonds is 6. The molecular formula is C32H38F2N6O. The van der Waals surface area contributed by atoms with Gasteiger partial charge in [0, 0.05) is 30.0 Å². The van der Waals surface area contributed by atoms with Gasteiger partial charge in [0.2, 0.25) is 0 Å². The number of methoxy groups -OCH3 is 1. The lowest BCUT2D eigenvalue weighted by Crippen LogP contribution is -2.46. The van der Waals surface area contributed by atoms with Crippen molar-refractivity contribution in [1.29, 1.82) is 0 Å². The van der Waals surface area contributed by atoms with Gasteiger partial charge >= 0.3 is 0 Å². The number of ether oxygens (including phenoxy) is 1. The Balaban J connectivity index is 0.000000166. The molecule has 2 aliphatic rings. The van der Waals surface area contributed by atoms with Crippen molar-refractivity contribution in [3.63, 3.8) is 0 Å². The largest absolute Gasteiger partial charge is 0.496 e. The highest BCUT2D eigenvalue weighted by Crippen LogP contribution is 2.39. The first-order chi connectivity index (χ1) is 19.8. The molecule has 3 heterocycles. The quantitative estimate of drug-likeness (QED) is 0.269. The summed E-state index contributed by atoms with van der Waals surface area (Å²) in [7, 11) is 1.71. The Morgan fingerprint density at radius 2 is 1.98 bits per heavy atom. The maximum atomic E-state index is 14.2. The Morgan fingerprint density at radius 3 is 2.71 bits per heavy atom. The van der Waals surface area contributed by atoms with Gasteiger partial charge in [0.1, 0.15) is 23.6 Å². The molecule has 4 aromatic rings. The van der Waals surface area contributed by atoms with Gasteiger partial charge in [-0.05, 0) is 81.6 Å². The van der Waals surface area contributed by atoms with Crippen LogP contribution < -0.4 is 4.74 Å². The highest BCUT2D eigenvalue weighted by molar-refractivity contribution is 5.92. The number of nitrogens with zero attached hydrogens (tertiary/aromatic N) is 4. The van der Waals surface area contributed by atoms with Crippen LogP contribution in [-0.4, -0.2) is 63.2 Å². The summed E-state index contributed by atoms with van der Waals surface area (Å²) in [6.07, 6.45) is 5.92. The average Bonchev–Trinajstić information content (AvgIpc) is 3.63. The summed E-state index contributed by atoms with van der Waals surface area (Å²) >= 11 is 0. The van der Waals surface area contributed by atoms with Gasteiger partial charge in [0.25, 0.3) is 0 Å². The lowest BCUT2D eigenvalue weighted by atomic mass is 9.79. The van der Waals surface area contributed by atoms with Crippen LogP contribution in [0.5, 0.6) is 5.75 Å². The average molecular weight is 561 g/mol. The maximum Gasteiger partial charge on any atom is 0.155 e. The molecule has 6 rings (SSSR count). The molecule has 1 saturated heterocycles. The van der Waals surface area contributed by atoms with E-state index in [0.717, 1.165) is 71.9 Å². The highest BCUT2D eigenvalue weighted by atomic mass is 19.1. The number of nitrogens with one attached hydrogen (secondary N) is 2. The van der Waals surface area contributed by atoms with Crippen LogP contribution >= 0.6 is 0 Å². The van der Waals surface area contributed by atoms with Crippen molar-refractivity contribution in [3.8, 4) is 17.0 Å². The van der Waals surface area contributed by atoms with Gasteiger partial charge in [-0.1, -0.05) is 31.2 Å². The van der Waals surface area contributed by atoms with E-state index in [1.807, 2.05) is 31.2 Å². The van der Waals surface area contributed by atoms with Gasteiger partial charge in [-0.3, -0.25) is 10.2 Å². The lowest BCUT2D eigenvalue weighted by molar-refractivity contribution is 0.0853. The number of aromatic amines is 2. The van der Waals surface area contributed by atoms with Crippen LogP contribution in [0.2, 0.25) is 0 Å². The highest BCUT2D eigenvalue weighted by Gasteiger charge is 2.41. The molecule has 0 radical (unpaired) electrons. The van der Waals surface area contributed by atoms with Crippen LogP contribution in [0.15, 0.2) is 66.5 Å². The summed E-state index contributed by atoms with van der Waals surface area (Å²) in [4.78, 5) is 6.54. The Morgan fingerprint density at radius 1 is 1.15 bits per heavy atom. The standard InChI is InChI=1S/C16H22F2N4.C16H16N2O/c1-11-19-15(21-20-11)12-5-4-8-22(9-12)10-16(2)13(17)6-3-7-14(16)18;1-3-11-10-12(8-9-15(11)19-2)16-13-6-4-5-7-14(13)17-18-16/h3,6-7,12-13H,4-5,8-10H2,1-2H3,(H,19,20,21);4-10H,3H2,1-2H3,(H,17,18)/t12-,13?,16?;/m1./s1. The molecule has 2 unspecified atom stereocenters. The zero-order valence-corrected chi connectivity index (χ0v) is 24.1. The number of likely N-dealkylation sites (tertiary alicyclic amines) is 1. The summed E-state index contributed by atoms with van der Waals surface area (Å²) in [6, 6.07) is 14.4. The van der Waals surface area contributed by atoms with E-state index in [1.54, 1.807) is 14.0 Å². The van der Waals surface area contributed by atoms with Crippen LogP contribution in [0.25, 0.3) is 22.2 Å². The zero-order valence-electron chi connectivity index (χ0n) is 24.1. The first kappa shape index (κ1) is 28.7. The van der Waals surface area contributed by atoms with Gasteiger partial charge in [-0.2, -0.15) is 10.2 Å². The number of halogens is 2. The van der Waals surface area contributed by atoms with Gasteiger partial charge < -0.3 is 9.64 Å². The van der Waals surface area contributed by atoms with E-state index in [-0.39, 0.29) is 11.7 Å². The number of alkyl halides is 1. The molecule has 1 aliphatic carbocycles. The molecule has 2 aromatic carbocycles. The maximum absolute atomic E-state index is 14.2. The Kier molecular flexibility index (Phi) is 8.63. The molecule has 0 amide bonds. The summed E-state index contributed by atoms with van der Waals surface area (Å²) in [5.74, 6) is 2.40. The first-order valence-corrected chi connectivity index (χ1v) is 14.2. The second kappa shape index (κ2) is 12.3. The van der Waals surface area contributed by atoms with Crippen molar-refractivity contribution in [1.82, 2.24) is 30.3 Å². The van der Waals surface area contributed by atoms with Gasteiger partial charge in [0.05, 0.1) is 23.7 Å². The zero-order chi connectivity index (χ0) is 29.0. The van der Waals surface area contributed by atoms with E-state index in [4.69, 9.17) is 4.74 Å². The Bertz CT molecular complexity index is 1540. The molecule has 9 heteroatoms. The smallest absolute Gasteiger partial charge is 0.155 e. The number of aromatic nitrogens is 5. The van der Waals surface area contributed by atoms with Crippen LogP contribution in [0, 0.1) is 12.3 Å². The third-order valence-corrected chi connectivity index (χ3v) is 8.12. The number of H-pyrrole nitrogens is 2. The lowest BCUT2D eigenvalue weighted by Gasteiger charge is -2.40. The van der Waals surface area contributed by atoms with E-state index in [1.165, 1.54) is 23.8 Å². The fraction of sp³-hybridized carbons (Fsp3) is 0.406. The van der Waals surface area contributed by atoms with Crippen molar-refractivity contribution in [2.45, 2.75) is 52.1 Å². The van der Waals surface area contributed by atoms with E-state index >= 15 is 0 Å². The topological polar surface area (TPSA) is 82.7 Å². The second-order valence-electron chi connectivity index (χ2n) is 11.1. The predicted octanol–water partition coefficient (Wildman–Crippen LogP) is 6.86. The van der Waals surface area contributed by atoms with Crippen LogP contribution in [0.3, 0.4) is 0 Å². The van der Waals surface area contributed by atoms with E-state index < -0.39 is 11.6 Å². The molecule has 0 saturated carbocycles.